The Labute approximate surface area is 103 Å². The third kappa shape index (κ3) is 6.22. The van der Waals surface area contributed by atoms with E-state index in [2.05, 4.69) is 29.2 Å². The molecular weight excluding hydrogens is 214 g/mol. The van der Waals surface area contributed by atoms with Crippen molar-refractivity contribution < 1.29 is 9.84 Å². The normalized spacial score (nSPS) is 11.5. The molecule has 0 bridgehead atoms. The van der Waals surface area contributed by atoms with Crippen LogP contribution >= 0.6 is 0 Å². The van der Waals surface area contributed by atoms with E-state index in [0.29, 0.717) is 13.2 Å². The van der Waals surface area contributed by atoms with Crippen LogP contribution in [0.5, 0.6) is 0 Å². The highest BCUT2D eigenvalue weighted by Gasteiger charge is 2.00. The first-order chi connectivity index (χ1) is 8.36. The van der Waals surface area contributed by atoms with E-state index in [1.165, 1.54) is 5.56 Å². The number of benzene rings is 1. The zero-order chi connectivity index (χ0) is 12.3. The van der Waals surface area contributed by atoms with Crippen LogP contribution in [-0.4, -0.2) is 50.0 Å². The largest absolute Gasteiger partial charge is 0.395 e. The molecule has 0 heterocycles. The lowest BCUT2D eigenvalue weighted by molar-refractivity contribution is 0.138. The summed E-state index contributed by atoms with van der Waals surface area (Å²) in [4.78, 5) is 2.16. The van der Waals surface area contributed by atoms with Gasteiger partial charge in [-0.15, -0.1) is 0 Å². The minimum absolute atomic E-state index is 0.183. The molecule has 0 saturated heterocycles. The Hall–Kier alpha value is -1.16. The minimum atomic E-state index is 0.183. The molecule has 0 aliphatic rings. The molecule has 0 spiro atoms. The smallest absolute Gasteiger partial charge is 0.0589 e. The molecule has 0 fully saturated rings. The Kier molecular flexibility index (Phi) is 7.30. The monoisotopic (exact) mass is 235 g/mol. The Bertz CT molecular complexity index is 311. The van der Waals surface area contributed by atoms with Crippen LogP contribution in [0.2, 0.25) is 0 Å². The highest BCUT2D eigenvalue weighted by molar-refractivity contribution is 5.48. The number of hydrogen-bond donors (Lipinski definition) is 1. The quantitative estimate of drug-likeness (QED) is 0.743. The predicted octanol–water partition coefficient (Wildman–Crippen LogP) is 1.64. The van der Waals surface area contributed by atoms with Crippen LogP contribution in [0.1, 0.15) is 5.56 Å². The van der Waals surface area contributed by atoms with Crippen molar-refractivity contribution in [2.24, 2.45) is 0 Å². The molecule has 0 saturated carbocycles. The van der Waals surface area contributed by atoms with Gasteiger partial charge in [0.2, 0.25) is 0 Å². The second-order valence-electron chi connectivity index (χ2n) is 3.83. The summed E-state index contributed by atoms with van der Waals surface area (Å²) < 4.78 is 5.04. The molecule has 1 aromatic carbocycles. The van der Waals surface area contributed by atoms with Crippen molar-refractivity contribution in [3.63, 3.8) is 0 Å². The van der Waals surface area contributed by atoms with Gasteiger partial charge in [0.25, 0.3) is 0 Å². The highest BCUT2D eigenvalue weighted by atomic mass is 16.5. The van der Waals surface area contributed by atoms with Crippen LogP contribution in [0.3, 0.4) is 0 Å². The molecule has 1 aromatic rings. The summed E-state index contributed by atoms with van der Waals surface area (Å²) in [7, 11) is 1.69. The van der Waals surface area contributed by atoms with Gasteiger partial charge in [0.1, 0.15) is 0 Å². The fraction of sp³-hybridized carbons (Fsp3) is 0.429. The minimum Gasteiger partial charge on any atom is -0.395 e. The van der Waals surface area contributed by atoms with E-state index in [4.69, 9.17) is 9.84 Å². The van der Waals surface area contributed by atoms with E-state index >= 15 is 0 Å². The first kappa shape index (κ1) is 13.9. The predicted molar refractivity (Wildman–Crippen MR) is 70.9 cm³/mol. The lowest BCUT2D eigenvalue weighted by Gasteiger charge is -2.18. The summed E-state index contributed by atoms with van der Waals surface area (Å²) in [5, 5.41) is 8.95. The summed E-state index contributed by atoms with van der Waals surface area (Å²) in [6.45, 7) is 3.24. The van der Waals surface area contributed by atoms with Gasteiger partial charge in [-0.05, 0) is 5.56 Å². The van der Waals surface area contributed by atoms with Crippen LogP contribution in [0, 0.1) is 0 Å². The highest BCUT2D eigenvalue weighted by Crippen LogP contribution is 2.01. The average molecular weight is 235 g/mol. The number of aliphatic hydroxyl groups excluding tert-OH is 1. The molecule has 0 radical (unpaired) electrons. The Morgan fingerprint density at radius 3 is 2.65 bits per heavy atom. The average Bonchev–Trinajstić information content (AvgIpc) is 2.37. The lowest BCUT2D eigenvalue weighted by atomic mass is 10.2. The zero-order valence-corrected chi connectivity index (χ0v) is 10.4. The topological polar surface area (TPSA) is 32.7 Å². The summed E-state index contributed by atoms with van der Waals surface area (Å²) in [6, 6.07) is 10.2. The van der Waals surface area contributed by atoms with Gasteiger partial charge in [0.15, 0.2) is 0 Å². The summed E-state index contributed by atoms with van der Waals surface area (Å²) >= 11 is 0. The van der Waals surface area contributed by atoms with Gasteiger partial charge in [-0.1, -0.05) is 42.5 Å². The third-order valence-corrected chi connectivity index (χ3v) is 2.50. The molecule has 0 aromatic heterocycles. The second-order valence-corrected chi connectivity index (χ2v) is 3.83. The fourth-order valence-corrected chi connectivity index (χ4v) is 1.56. The number of ether oxygens (including phenoxy) is 1. The molecular formula is C14H21NO2. The van der Waals surface area contributed by atoms with Gasteiger partial charge in [0, 0.05) is 26.7 Å². The molecule has 1 N–H and O–H groups in total. The van der Waals surface area contributed by atoms with Crippen molar-refractivity contribution in [1.82, 2.24) is 4.90 Å². The van der Waals surface area contributed by atoms with Crippen molar-refractivity contribution in [1.29, 1.82) is 0 Å². The van der Waals surface area contributed by atoms with Crippen molar-refractivity contribution in [2.75, 3.05) is 40.0 Å². The first-order valence-electron chi connectivity index (χ1n) is 5.90. The fourth-order valence-electron chi connectivity index (χ4n) is 1.56. The number of hydrogen-bond acceptors (Lipinski definition) is 3. The van der Waals surface area contributed by atoms with E-state index in [9.17, 15) is 0 Å². The van der Waals surface area contributed by atoms with Gasteiger partial charge in [0.05, 0.1) is 13.2 Å². The number of methoxy groups -OCH3 is 1. The van der Waals surface area contributed by atoms with Crippen LogP contribution in [0.15, 0.2) is 36.4 Å². The van der Waals surface area contributed by atoms with Gasteiger partial charge in [-0.3, -0.25) is 4.90 Å². The molecule has 0 atom stereocenters. The molecule has 0 unspecified atom stereocenters. The van der Waals surface area contributed by atoms with Crippen molar-refractivity contribution in [3.8, 4) is 0 Å². The Morgan fingerprint density at radius 1 is 1.24 bits per heavy atom. The van der Waals surface area contributed by atoms with Gasteiger partial charge in [-0.2, -0.15) is 0 Å². The molecule has 0 aliphatic carbocycles. The lowest BCUT2D eigenvalue weighted by Crippen LogP contribution is -2.30. The second kappa shape index (κ2) is 8.93. The standard InChI is InChI=1S/C14H21NO2/c1-17-13-11-15(10-12-16)9-5-8-14-6-3-2-4-7-14/h2-8,16H,9-13H2,1H3/b8-5+. The number of rotatable bonds is 8. The maximum absolute atomic E-state index is 8.95. The van der Waals surface area contributed by atoms with Crippen LogP contribution in [0.25, 0.3) is 6.08 Å². The first-order valence-corrected chi connectivity index (χ1v) is 5.90. The Morgan fingerprint density at radius 2 is 2.00 bits per heavy atom. The molecule has 17 heavy (non-hydrogen) atoms. The van der Waals surface area contributed by atoms with Crippen molar-refractivity contribution >= 4 is 6.08 Å². The maximum atomic E-state index is 8.95. The maximum Gasteiger partial charge on any atom is 0.0589 e. The van der Waals surface area contributed by atoms with Gasteiger partial charge in [-0.25, -0.2) is 0 Å². The molecule has 1 rings (SSSR count). The molecule has 3 nitrogen and oxygen atoms in total. The summed E-state index contributed by atoms with van der Waals surface area (Å²) in [6.07, 6.45) is 4.21. The molecule has 3 heteroatoms. The van der Waals surface area contributed by atoms with E-state index in [1.54, 1.807) is 7.11 Å². The van der Waals surface area contributed by atoms with Crippen molar-refractivity contribution in [2.45, 2.75) is 0 Å². The van der Waals surface area contributed by atoms with Crippen LogP contribution in [0.4, 0.5) is 0 Å². The van der Waals surface area contributed by atoms with Crippen LogP contribution in [-0.2, 0) is 4.74 Å². The van der Waals surface area contributed by atoms with E-state index in [-0.39, 0.29) is 6.61 Å². The van der Waals surface area contributed by atoms with E-state index in [1.807, 2.05) is 18.2 Å². The van der Waals surface area contributed by atoms with Gasteiger partial charge >= 0.3 is 0 Å². The van der Waals surface area contributed by atoms with E-state index in [0.717, 1.165) is 13.1 Å². The Balaban J connectivity index is 2.37. The number of nitrogens with zero attached hydrogens (tertiary/aromatic N) is 1. The number of aliphatic hydroxyl groups is 1. The SMILES string of the molecule is COCCN(C/C=C/c1ccccc1)CCO. The summed E-state index contributed by atoms with van der Waals surface area (Å²) in [5.74, 6) is 0. The van der Waals surface area contributed by atoms with E-state index < -0.39 is 0 Å². The molecule has 0 amide bonds. The zero-order valence-electron chi connectivity index (χ0n) is 10.4. The summed E-state index contributed by atoms with van der Waals surface area (Å²) in [5.41, 5.74) is 1.20. The van der Waals surface area contributed by atoms with Gasteiger partial charge < -0.3 is 9.84 Å². The van der Waals surface area contributed by atoms with Crippen LogP contribution < -0.4 is 0 Å². The third-order valence-electron chi connectivity index (χ3n) is 2.50. The molecule has 0 aliphatic heterocycles. The molecule has 94 valence electrons. The van der Waals surface area contributed by atoms with Crippen molar-refractivity contribution in [3.05, 3.63) is 42.0 Å².